The number of nitrogens with one attached hydrogen (secondary N) is 1. The molecule has 114 valence electrons. The molecule has 9 nitrogen and oxygen atoms in total. The first-order chi connectivity index (χ1) is 10.0. The predicted octanol–water partition coefficient (Wildman–Crippen LogP) is -1.34. The number of rotatable bonds is 3. The smallest absolute Gasteiger partial charge is 0.274 e. The van der Waals surface area contributed by atoms with Crippen molar-refractivity contribution < 1.29 is 10.0 Å². The Kier molecular flexibility index (Phi) is 4.53. The third-order valence-electron chi connectivity index (χ3n) is 3.59. The number of nitrogens with two attached hydrogens (primary N) is 1. The summed E-state index contributed by atoms with van der Waals surface area (Å²) < 4.78 is 0. The lowest BCUT2D eigenvalue weighted by molar-refractivity contribution is 0.0612. The fourth-order valence-electron chi connectivity index (χ4n) is 2.21. The fraction of sp³-hybridized carbons (Fsp3) is 0.500. The van der Waals surface area contributed by atoms with Gasteiger partial charge in [-0.05, 0) is 13.0 Å². The van der Waals surface area contributed by atoms with Crippen LogP contribution in [0.5, 0.6) is 0 Å². The van der Waals surface area contributed by atoms with Gasteiger partial charge in [-0.2, -0.15) is 5.10 Å². The van der Waals surface area contributed by atoms with Gasteiger partial charge in [0.1, 0.15) is 5.69 Å². The highest BCUT2D eigenvalue weighted by molar-refractivity contribution is 5.92. The summed E-state index contributed by atoms with van der Waals surface area (Å²) in [5.74, 6) is -0.0700. The Morgan fingerprint density at radius 2 is 2.10 bits per heavy atom. The SMILES string of the molecule is CC(/C(N)=N/O)N1CCN(C(=O)c2ccc(=O)[nH]n2)CC1. The van der Waals surface area contributed by atoms with Crippen LogP contribution in [0.15, 0.2) is 22.1 Å². The molecule has 1 saturated heterocycles. The zero-order valence-electron chi connectivity index (χ0n) is 11.7. The van der Waals surface area contributed by atoms with Crippen LogP contribution in [0, 0.1) is 0 Å². The van der Waals surface area contributed by atoms with E-state index in [-0.39, 0.29) is 29.0 Å². The number of H-pyrrole nitrogens is 1. The van der Waals surface area contributed by atoms with E-state index in [0.29, 0.717) is 26.2 Å². The summed E-state index contributed by atoms with van der Waals surface area (Å²) in [6.45, 7) is 4.11. The molecule has 1 atom stereocenters. The highest BCUT2D eigenvalue weighted by Gasteiger charge is 2.26. The summed E-state index contributed by atoms with van der Waals surface area (Å²) in [5.41, 5.74) is 5.45. The van der Waals surface area contributed by atoms with Gasteiger partial charge in [0, 0.05) is 32.2 Å². The molecule has 0 bridgehead atoms. The van der Waals surface area contributed by atoms with Crippen LogP contribution >= 0.6 is 0 Å². The molecule has 1 amide bonds. The molecule has 21 heavy (non-hydrogen) atoms. The second kappa shape index (κ2) is 6.35. The normalized spacial score (nSPS) is 18.5. The minimum atomic E-state index is -0.344. The summed E-state index contributed by atoms with van der Waals surface area (Å²) in [7, 11) is 0. The molecule has 9 heteroatoms. The minimum absolute atomic E-state index is 0.150. The van der Waals surface area contributed by atoms with Crippen molar-refractivity contribution in [3.8, 4) is 0 Å². The summed E-state index contributed by atoms with van der Waals surface area (Å²) >= 11 is 0. The maximum atomic E-state index is 12.2. The van der Waals surface area contributed by atoms with E-state index >= 15 is 0 Å². The molecule has 0 saturated carbocycles. The number of aromatic amines is 1. The van der Waals surface area contributed by atoms with Gasteiger partial charge in [-0.25, -0.2) is 5.10 Å². The number of amidine groups is 1. The number of nitrogens with zero attached hydrogens (tertiary/aromatic N) is 4. The van der Waals surface area contributed by atoms with E-state index in [1.165, 1.54) is 12.1 Å². The Morgan fingerprint density at radius 3 is 2.62 bits per heavy atom. The maximum Gasteiger partial charge on any atom is 0.274 e. The average Bonchev–Trinajstić information content (AvgIpc) is 2.53. The molecule has 1 aromatic heterocycles. The number of piperazine rings is 1. The van der Waals surface area contributed by atoms with Gasteiger partial charge in [0.15, 0.2) is 5.84 Å². The van der Waals surface area contributed by atoms with Crippen molar-refractivity contribution in [1.82, 2.24) is 20.0 Å². The van der Waals surface area contributed by atoms with Gasteiger partial charge in [-0.3, -0.25) is 14.5 Å². The van der Waals surface area contributed by atoms with Gasteiger partial charge in [0.2, 0.25) is 0 Å². The fourth-order valence-corrected chi connectivity index (χ4v) is 2.21. The quantitative estimate of drug-likeness (QED) is 0.274. The Bertz CT molecular complexity index is 570. The van der Waals surface area contributed by atoms with E-state index < -0.39 is 0 Å². The molecule has 1 aromatic rings. The third kappa shape index (κ3) is 3.37. The Morgan fingerprint density at radius 1 is 1.43 bits per heavy atom. The first-order valence-electron chi connectivity index (χ1n) is 6.59. The van der Waals surface area contributed by atoms with E-state index in [0.717, 1.165) is 0 Å². The van der Waals surface area contributed by atoms with Crippen molar-refractivity contribution in [2.75, 3.05) is 26.2 Å². The Labute approximate surface area is 121 Å². The molecule has 1 fully saturated rings. The van der Waals surface area contributed by atoms with E-state index in [2.05, 4.69) is 15.4 Å². The van der Waals surface area contributed by atoms with Crippen LogP contribution in [-0.4, -0.2) is 69.2 Å². The first kappa shape index (κ1) is 15.0. The number of carbonyl (C=O) groups excluding carboxylic acids is 1. The van der Waals surface area contributed by atoms with Gasteiger partial charge < -0.3 is 15.8 Å². The van der Waals surface area contributed by atoms with E-state index in [4.69, 9.17) is 10.9 Å². The Hall–Kier alpha value is -2.42. The van der Waals surface area contributed by atoms with Crippen LogP contribution in [0.2, 0.25) is 0 Å². The van der Waals surface area contributed by atoms with Crippen molar-refractivity contribution in [2.24, 2.45) is 10.9 Å². The average molecular weight is 294 g/mol. The van der Waals surface area contributed by atoms with E-state index in [1.54, 1.807) is 4.90 Å². The maximum absolute atomic E-state index is 12.2. The van der Waals surface area contributed by atoms with Crippen molar-refractivity contribution in [3.05, 3.63) is 28.2 Å². The van der Waals surface area contributed by atoms with Crippen LogP contribution in [-0.2, 0) is 0 Å². The lowest BCUT2D eigenvalue weighted by Gasteiger charge is -2.37. The number of carbonyl (C=O) groups is 1. The third-order valence-corrected chi connectivity index (χ3v) is 3.59. The van der Waals surface area contributed by atoms with Crippen molar-refractivity contribution >= 4 is 11.7 Å². The van der Waals surface area contributed by atoms with Gasteiger partial charge in [-0.15, -0.1) is 0 Å². The van der Waals surface area contributed by atoms with Crippen LogP contribution in [0.1, 0.15) is 17.4 Å². The molecule has 0 aromatic carbocycles. The molecule has 0 spiro atoms. The monoisotopic (exact) mass is 294 g/mol. The topological polar surface area (TPSA) is 128 Å². The van der Waals surface area contributed by atoms with Crippen LogP contribution in [0.25, 0.3) is 0 Å². The zero-order chi connectivity index (χ0) is 15.4. The van der Waals surface area contributed by atoms with Crippen LogP contribution < -0.4 is 11.3 Å². The van der Waals surface area contributed by atoms with Crippen molar-refractivity contribution in [2.45, 2.75) is 13.0 Å². The van der Waals surface area contributed by atoms with E-state index in [9.17, 15) is 9.59 Å². The van der Waals surface area contributed by atoms with Crippen molar-refractivity contribution in [1.29, 1.82) is 0 Å². The summed E-state index contributed by atoms with van der Waals surface area (Å²) in [6.07, 6.45) is 0. The number of hydrogen-bond acceptors (Lipinski definition) is 6. The second-order valence-corrected chi connectivity index (χ2v) is 4.84. The molecular formula is C12H18N6O3. The first-order valence-corrected chi connectivity index (χ1v) is 6.59. The predicted molar refractivity (Wildman–Crippen MR) is 75.2 cm³/mol. The molecule has 2 rings (SSSR count). The molecule has 1 unspecified atom stereocenters. The second-order valence-electron chi connectivity index (χ2n) is 4.84. The minimum Gasteiger partial charge on any atom is -0.409 e. The molecule has 0 radical (unpaired) electrons. The Balaban J connectivity index is 1.96. The number of amides is 1. The molecule has 1 aliphatic heterocycles. The lowest BCUT2D eigenvalue weighted by atomic mass is 10.2. The van der Waals surface area contributed by atoms with Gasteiger partial charge in [0.25, 0.3) is 11.5 Å². The largest absolute Gasteiger partial charge is 0.409 e. The lowest BCUT2D eigenvalue weighted by Crippen LogP contribution is -2.54. The molecular weight excluding hydrogens is 276 g/mol. The van der Waals surface area contributed by atoms with Gasteiger partial charge in [-0.1, -0.05) is 5.16 Å². The highest BCUT2D eigenvalue weighted by Crippen LogP contribution is 2.09. The molecule has 4 N–H and O–H groups in total. The highest BCUT2D eigenvalue weighted by atomic mass is 16.4. The van der Waals surface area contributed by atoms with E-state index in [1.807, 2.05) is 11.8 Å². The van der Waals surface area contributed by atoms with Crippen LogP contribution in [0.3, 0.4) is 0 Å². The standard InChI is InChI=1S/C12H18N6O3/c1-8(11(13)16-21)17-4-6-18(7-5-17)12(20)9-2-3-10(19)15-14-9/h2-3,8,21H,4-7H2,1H3,(H2,13,16)(H,15,19). The summed E-state index contributed by atoms with van der Waals surface area (Å²) in [4.78, 5) is 26.8. The number of aromatic nitrogens is 2. The van der Waals surface area contributed by atoms with Crippen LogP contribution in [0.4, 0.5) is 0 Å². The summed E-state index contributed by atoms with van der Waals surface area (Å²) in [6, 6.07) is 2.50. The molecule has 2 heterocycles. The van der Waals surface area contributed by atoms with Crippen molar-refractivity contribution in [3.63, 3.8) is 0 Å². The van der Waals surface area contributed by atoms with Gasteiger partial charge in [0.05, 0.1) is 6.04 Å². The molecule has 0 aliphatic carbocycles. The zero-order valence-corrected chi connectivity index (χ0v) is 11.7. The van der Waals surface area contributed by atoms with Gasteiger partial charge >= 0.3 is 0 Å². The number of hydrogen-bond donors (Lipinski definition) is 3. The summed E-state index contributed by atoms with van der Waals surface area (Å²) in [5, 5.41) is 17.7. The number of oxime groups is 1. The molecule has 1 aliphatic rings.